The Morgan fingerprint density at radius 2 is 2.16 bits per heavy atom. The van der Waals surface area contributed by atoms with Crippen molar-refractivity contribution in [3.05, 3.63) is 40.9 Å². The highest BCUT2D eigenvalue weighted by Crippen LogP contribution is 2.35. The van der Waals surface area contributed by atoms with E-state index in [4.69, 9.17) is 4.74 Å². The first-order valence-electron chi connectivity index (χ1n) is 5.39. The third-order valence-electron chi connectivity index (χ3n) is 2.36. The minimum absolute atomic E-state index is 0.246. The van der Waals surface area contributed by atoms with Crippen molar-refractivity contribution in [1.29, 1.82) is 0 Å². The molecule has 2 rings (SSSR count). The first kappa shape index (κ1) is 13.7. The number of ether oxygens (including phenoxy) is 1. The summed E-state index contributed by atoms with van der Waals surface area (Å²) in [6.45, 7) is 0.391. The summed E-state index contributed by atoms with van der Waals surface area (Å²) in [5.41, 5.74) is 0.906. The summed E-state index contributed by atoms with van der Waals surface area (Å²) in [6, 6.07) is 7.28. The molecule has 102 valence electrons. The van der Waals surface area contributed by atoms with Crippen LogP contribution in [0.3, 0.4) is 0 Å². The predicted octanol–water partition coefficient (Wildman–Crippen LogP) is 3.78. The number of alkyl halides is 3. The minimum Gasteiger partial charge on any atom is -0.497 e. The van der Waals surface area contributed by atoms with Crippen LogP contribution in [0.4, 0.5) is 18.3 Å². The number of thiazole rings is 1. The van der Waals surface area contributed by atoms with E-state index in [0.29, 0.717) is 23.6 Å². The van der Waals surface area contributed by atoms with Crippen LogP contribution in [0.5, 0.6) is 5.75 Å². The molecule has 0 radical (unpaired) electrons. The van der Waals surface area contributed by atoms with Gasteiger partial charge in [-0.1, -0.05) is 23.5 Å². The van der Waals surface area contributed by atoms with Crippen LogP contribution in [-0.2, 0) is 12.7 Å². The van der Waals surface area contributed by atoms with Gasteiger partial charge in [0.05, 0.1) is 13.3 Å². The van der Waals surface area contributed by atoms with Gasteiger partial charge in [0, 0.05) is 6.54 Å². The van der Waals surface area contributed by atoms with E-state index >= 15 is 0 Å². The maximum Gasteiger partial charge on any atom is 0.427 e. The Bertz CT molecular complexity index is 554. The van der Waals surface area contributed by atoms with Crippen LogP contribution in [0.25, 0.3) is 0 Å². The maximum atomic E-state index is 12.4. The number of halogens is 3. The predicted molar refractivity (Wildman–Crippen MR) is 67.4 cm³/mol. The van der Waals surface area contributed by atoms with Gasteiger partial charge in [-0.25, -0.2) is 4.98 Å². The Morgan fingerprint density at radius 1 is 1.37 bits per heavy atom. The Balaban J connectivity index is 2.00. The van der Waals surface area contributed by atoms with E-state index in [1.54, 1.807) is 13.2 Å². The smallest absolute Gasteiger partial charge is 0.427 e. The van der Waals surface area contributed by atoms with Crippen LogP contribution in [0.1, 0.15) is 10.4 Å². The monoisotopic (exact) mass is 288 g/mol. The van der Waals surface area contributed by atoms with Gasteiger partial charge in [0.25, 0.3) is 0 Å². The first-order chi connectivity index (χ1) is 8.99. The van der Waals surface area contributed by atoms with E-state index in [1.807, 2.05) is 18.2 Å². The molecular formula is C12H11F3N2OS. The summed E-state index contributed by atoms with van der Waals surface area (Å²) in [4.78, 5) is 2.99. The maximum absolute atomic E-state index is 12.4. The Kier molecular flexibility index (Phi) is 3.94. The molecule has 0 bridgehead atoms. The fourth-order valence-electron chi connectivity index (χ4n) is 1.45. The van der Waals surface area contributed by atoms with Crippen molar-refractivity contribution in [2.45, 2.75) is 12.7 Å². The summed E-state index contributed by atoms with van der Waals surface area (Å²) in [6.07, 6.45) is -3.51. The number of benzene rings is 1. The molecule has 3 nitrogen and oxygen atoms in total. The van der Waals surface area contributed by atoms with E-state index in [-0.39, 0.29) is 5.13 Å². The fourth-order valence-corrected chi connectivity index (χ4v) is 2.13. The molecule has 1 heterocycles. The summed E-state index contributed by atoms with van der Waals surface area (Å²) < 4.78 is 42.2. The van der Waals surface area contributed by atoms with Gasteiger partial charge in [0.1, 0.15) is 10.6 Å². The van der Waals surface area contributed by atoms with Gasteiger partial charge in [-0.3, -0.25) is 0 Å². The third-order valence-corrected chi connectivity index (χ3v) is 3.36. The SMILES string of the molecule is COc1cccc(CNc2ncc(C(F)(F)F)s2)c1. The van der Waals surface area contributed by atoms with Crippen molar-refractivity contribution in [2.75, 3.05) is 12.4 Å². The lowest BCUT2D eigenvalue weighted by molar-refractivity contribution is -0.134. The minimum atomic E-state index is -4.34. The molecule has 0 saturated carbocycles. The summed E-state index contributed by atoms with van der Waals surface area (Å²) >= 11 is 0.591. The first-order valence-corrected chi connectivity index (χ1v) is 6.20. The standard InChI is InChI=1S/C12H11F3N2OS/c1-18-9-4-2-3-8(5-9)6-16-11-17-7-10(19-11)12(13,14)15/h2-5,7H,6H2,1H3,(H,16,17). The van der Waals surface area contributed by atoms with Crippen LogP contribution in [0.15, 0.2) is 30.5 Å². The molecule has 0 unspecified atom stereocenters. The van der Waals surface area contributed by atoms with Crippen molar-refractivity contribution in [1.82, 2.24) is 4.98 Å². The number of anilines is 1. The highest BCUT2D eigenvalue weighted by Gasteiger charge is 2.33. The van der Waals surface area contributed by atoms with Gasteiger partial charge in [0.15, 0.2) is 5.13 Å². The van der Waals surface area contributed by atoms with Gasteiger partial charge in [-0.15, -0.1) is 0 Å². The van der Waals surface area contributed by atoms with Crippen molar-refractivity contribution >= 4 is 16.5 Å². The lowest BCUT2D eigenvalue weighted by Crippen LogP contribution is -2.00. The fraction of sp³-hybridized carbons (Fsp3) is 0.250. The van der Waals surface area contributed by atoms with E-state index in [0.717, 1.165) is 11.8 Å². The molecule has 0 atom stereocenters. The highest BCUT2D eigenvalue weighted by atomic mass is 32.1. The lowest BCUT2D eigenvalue weighted by Gasteiger charge is -2.05. The van der Waals surface area contributed by atoms with Crippen LogP contribution in [0, 0.1) is 0 Å². The molecule has 1 aromatic carbocycles. The van der Waals surface area contributed by atoms with Crippen molar-refractivity contribution in [3.8, 4) is 5.75 Å². The number of methoxy groups -OCH3 is 1. The zero-order chi connectivity index (χ0) is 13.9. The third kappa shape index (κ3) is 3.60. The molecule has 0 aliphatic rings. The van der Waals surface area contributed by atoms with Gasteiger partial charge in [0.2, 0.25) is 0 Å². The van der Waals surface area contributed by atoms with Crippen molar-refractivity contribution in [2.24, 2.45) is 0 Å². The number of rotatable bonds is 4. The van der Waals surface area contributed by atoms with Crippen LogP contribution in [-0.4, -0.2) is 12.1 Å². The molecule has 19 heavy (non-hydrogen) atoms. The number of hydrogen-bond donors (Lipinski definition) is 1. The summed E-state index contributed by atoms with van der Waals surface area (Å²) in [5, 5.41) is 3.10. The number of nitrogens with one attached hydrogen (secondary N) is 1. The van der Waals surface area contributed by atoms with Crippen LogP contribution in [0.2, 0.25) is 0 Å². The van der Waals surface area contributed by atoms with Gasteiger partial charge in [-0.2, -0.15) is 13.2 Å². The zero-order valence-electron chi connectivity index (χ0n) is 9.99. The van der Waals surface area contributed by atoms with E-state index in [1.165, 1.54) is 0 Å². The van der Waals surface area contributed by atoms with Gasteiger partial charge in [-0.05, 0) is 17.7 Å². The summed E-state index contributed by atoms with van der Waals surface area (Å²) in [7, 11) is 1.56. The average Bonchev–Trinajstić information content (AvgIpc) is 2.85. The zero-order valence-corrected chi connectivity index (χ0v) is 10.8. The average molecular weight is 288 g/mol. The molecule has 0 saturated heterocycles. The molecule has 0 aliphatic carbocycles. The molecule has 0 amide bonds. The van der Waals surface area contributed by atoms with Crippen molar-refractivity contribution in [3.63, 3.8) is 0 Å². The largest absolute Gasteiger partial charge is 0.497 e. The van der Waals surface area contributed by atoms with E-state index in [2.05, 4.69) is 10.3 Å². The van der Waals surface area contributed by atoms with Crippen LogP contribution < -0.4 is 10.1 Å². The molecule has 7 heteroatoms. The molecule has 1 N–H and O–H groups in total. The lowest BCUT2D eigenvalue weighted by atomic mass is 10.2. The Hall–Kier alpha value is -1.76. The second-order valence-corrected chi connectivity index (χ2v) is 4.76. The topological polar surface area (TPSA) is 34.1 Å². The van der Waals surface area contributed by atoms with Gasteiger partial charge >= 0.3 is 6.18 Å². The summed E-state index contributed by atoms with van der Waals surface area (Å²) in [5.74, 6) is 0.703. The molecule has 0 aliphatic heterocycles. The number of nitrogens with zero attached hydrogens (tertiary/aromatic N) is 1. The quantitative estimate of drug-likeness (QED) is 0.929. The van der Waals surface area contributed by atoms with E-state index in [9.17, 15) is 13.2 Å². The van der Waals surface area contributed by atoms with Gasteiger partial charge < -0.3 is 10.1 Å². The molecule has 0 spiro atoms. The molecule has 0 fully saturated rings. The molecule has 2 aromatic rings. The Labute approximate surface area is 112 Å². The molecular weight excluding hydrogens is 277 g/mol. The highest BCUT2D eigenvalue weighted by molar-refractivity contribution is 7.15. The van der Waals surface area contributed by atoms with E-state index < -0.39 is 11.1 Å². The Morgan fingerprint density at radius 3 is 2.79 bits per heavy atom. The number of aromatic nitrogens is 1. The second kappa shape index (κ2) is 5.48. The molecule has 1 aromatic heterocycles. The van der Waals surface area contributed by atoms with Crippen molar-refractivity contribution < 1.29 is 17.9 Å². The number of hydrogen-bond acceptors (Lipinski definition) is 4. The van der Waals surface area contributed by atoms with Crippen LogP contribution >= 0.6 is 11.3 Å². The normalized spacial score (nSPS) is 11.4. The second-order valence-electron chi connectivity index (χ2n) is 3.73.